The van der Waals surface area contributed by atoms with E-state index in [-0.39, 0.29) is 16.3 Å². The average Bonchev–Trinajstić information content (AvgIpc) is 2.96. The Morgan fingerprint density at radius 1 is 1.63 bits per heavy atom. The third kappa shape index (κ3) is 3.14. The Kier molecular flexibility index (Phi) is 3.95. The summed E-state index contributed by atoms with van der Waals surface area (Å²) >= 11 is 0.892. The number of carboxylic acids is 1. The molecule has 1 aromatic rings. The van der Waals surface area contributed by atoms with Gasteiger partial charge in [-0.05, 0) is 31.2 Å². The van der Waals surface area contributed by atoms with Gasteiger partial charge in [-0.3, -0.25) is 0 Å². The van der Waals surface area contributed by atoms with Crippen LogP contribution >= 0.6 is 11.3 Å². The predicted octanol–water partition coefficient (Wildman–Crippen LogP) is 1.29. The monoisotopic (exact) mass is 305 g/mol. The second-order valence-corrected chi connectivity index (χ2v) is 7.30. The first-order valence-electron chi connectivity index (χ1n) is 5.78. The molecule has 19 heavy (non-hydrogen) atoms. The molecule has 0 aromatic carbocycles. The number of sulfonamides is 1. The number of hydrogen-bond acceptors (Lipinski definition) is 5. The van der Waals surface area contributed by atoms with Gasteiger partial charge >= 0.3 is 5.97 Å². The normalized spacial score (nSPS) is 23.6. The molecule has 0 bridgehead atoms. The van der Waals surface area contributed by atoms with Gasteiger partial charge in [-0.1, -0.05) is 0 Å². The maximum absolute atomic E-state index is 12.1. The quantitative estimate of drug-likeness (QED) is 0.855. The zero-order valence-electron chi connectivity index (χ0n) is 10.4. The van der Waals surface area contributed by atoms with E-state index in [1.807, 2.05) is 6.92 Å². The molecular formula is C11H15NO5S2. The van der Waals surface area contributed by atoms with Crippen LogP contribution in [0.1, 0.15) is 29.4 Å². The molecule has 1 unspecified atom stereocenters. The van der Waals surface area contributed by atoms with Crippen molar-refractivity contribution in [1.82, 2.24) is 4.72 Å². The fourth-order valence-corrected chi connectivity index (χ4v) is 4.38. The molecule has 0 radical (unpaired) electrons. The molecular weight excluding hydrogens is 290 g/mol. The van der Waals surface area contributed by atoms with E-state index in [2.05, 4.69) is 4.72 Å². The van der Waals surface area contributed by atoms with Crippen molar-refractivity contribution < 1.29 is 23.1 Å². The summed E-state index contributed by atoms with van der Waals surface area (Å²) in [4.78, 5) is 10.6. The minimum Gasteiger partial charge on any atom is -0.477 e. The lowest BCUT2D eigenvalue weighted by molar-refractivity contribution is 0.0250. The Balaban J connectivity index is 2.14. The zero-order valence-corrected chi connectivity index (χ0v) is 12.0. The third-order valence-corrected chi connectivity index (χ3v) is 5.52. The van der Waals surface area contributed by atoms with Crippen LogP contribution in [-0.4, -0.2) is 38.2 Å². The van der Waals surface area contributed by atoms with Crippen LogP contribution in [0.4, 0.5) is 0 Å². The highest BCUT2D eigenvalue weighted by Crippen LogP contribution is 2.26. The second-order valence-electron chi connectivity index (χ2n) is 4.65. The summed E-state index contributed by atoms with van der Waals surface area (Å²) in [5, 5.41) is 10.4. The van der Waals surface area contributed by atoms with Crippen LogP contribution in [0.15, 0.2) is 16.3 Å². The number of nitrogens with one attached hydrogen (secondary N) is 1. The highest BCUT2D eigenvalue weighted by molar-refractivity contribution is 7.89. The van der Waals surface area contributed by atoms with Gasteiger partial charge in [0.25, 0.3) is 0 Å². The Morgan fingerprint density at radius 3 is 2.95 bits per heavy atom. The molecule has 8 heteroatoms. The molecule has 1 aromatic heterocycles. The summed E-state index contributed by atoms with van der Waals surface area (Å²) in [5.41, 5.74) is -0.507. The van der Waals surface area contributed by atoms with Crippen molar-refractivity contribution in [3.8, 4) is 0 Å². The first-order valence-corrected chi connectivity index (χ1v) is 8.15. The van der Waals surface area contributed by atoms with Gasteiger partial charge in [-0.15, -0.1) is 11.3 Å². The summed E-state index contributed by atoms with van der Waals surface area (Å²) in [7, 11) is -3.82. The molecule has 2 rings (SSSR count). The molecule has 2 heterocycles. The summed E-state index contributed by atoms with van der Waals surface area (Å²) in [5.74, 6) is -1.24. The first-order chi connectivity index (χ1) is 8.84. The molecule has 1 atom stereocenters. The lowest BCUT2D eigenvalue weighted by Crippen LogP contribution is -2.40. The van der Waals surface area contributed by atoms with E-state index in [1.54, 1.807) is 0 Å². The number of carboxylic acid groups (broad SMARTS) is 1. The molecule has 0 spiro atoms. The molecule has 0 amide bonds. The largest absolute Gasteiger partial charge is 0.477 e. The molecule has 1 fully saturated rings. The smallest absolute Gasteiger partial charge is 0.347 e. The molecule has 1 aliphatic heterocycles. The lowest BCUT2D eigenvalue weighted by Gasteiger charge is -2.23. The third-order valence-electron chi connectivity index (χ3n) is 3.05. The highest BCUT2D eigenvalue weighted by Gasteiger charge is 2.32. The molecule has 2 N–H and O–H groups in total. The molecule has 106 valence electrons. The standard InChI is InChI=1S/C11H15NO5S2/c1-11(4-2-5-17-11)7-12-19(15,16)8-3-6-18-9(8)10(13)14/h3,6,12H,2,4-5,7H2,1H3,(H,13,14). The predicted molar refractivity (Wildman–Crippen MR) is 70.1 cm³/mol. The van der Waals surface area contributed by atoms with Gasteiger partial charge in [-0.2, -0.15) is 0 Å². The number of ether oxygens (including phenoxy) is 1. The van der Waals surface area contributed by atoms with Crippen molar-refractivity contribution in [2.75, 3.05) is 13.2 Å². The summed E-state index contributed by atoms with van der Waals surface area (Å²) in [6.45, 7) is 2.61. The van der Waals surface area contributed by atoms with E-state index in [4.69, 9.17) is 9.84 Å². The van der Waals surface area contributed by atoms with E-state index < -0.39 is 21.6 Å². The Bertz CT molecular complexity index is 572. The number of rotatable bonds is 5. The number of aromatic carboxylic acids is 1. The van der Waals surface area contributed by atoms with Gasteiger partial charge in [0.15, 0.2) is 0 Å². The van der Waals surface area contributed by atoms with Gasteiger partial charge in [-0.25, -0.2) is 17.9 Å². The van der Waals surface area contributed by atoms with Crippen molar-refractivity contribution in [3.63, 3.8) is 0 Å². The second kappa shape index (κ2) is 5.20. The fourth-order valence-electron chi connectivity index (χ4n) is 1.97. The van der Waals surface area contributed by atoms with Gasteiger partial charge in [0.1, 0.15) is 9.77 Å². The summed E-state index contributed by atoms with van der Waals surface area (Å²) < 4.78 is 32.1. The van der Waals surface area contributed by atoms with E-state index in [9.17, 15) is 13.2 Å². The molecule has 6 nitrogen and oxygen atoms in total. The van der Waals surface area contributed by atoms with Crippen molar-refractivity contribution in [2.24, 2.45) is 0 Å². The minimum absolute atomic E-state index is 0.143. The molecule has 0 aliphatic carbocycles. The van der Waals surface area contributed by atoms with Crippen LogP contribution in [-0.2, 0) is 14.8 Å². The van der Waals surface area contributed by atoms with Crippen molar-refractivity contribution in [1.29, 1.82) is 0 Å². The van der Waals surface area contributed by atoms with Crippen LogP contribution in [0.5, 0.6) is 0 Å². The zero-order chi connectivity index (χ0) is 14.1. The summed E-state index contributed by atoms with van der Waals surface area (Å²) in [6.07, 6.45) is 1.68. The van der Waals surface area contributed by atoms with E-state index in [0.717, 1.165) is 24.2 Å². The number of carbonyl (C=O) groups is 1. The maximum atomic E-state index is 12.1. The molecule has 1 aliphatic rings. The van der Waals surface area contributed by atoms with Crippen LogP contribution in [0, 0.1) is 0 Å². The van der Waals surface area contributed by atoms with Crippen LogP contribution < -0.4 is 4.72 Å². The Hall–Kier alpha value is -0.960. The highest BCUT2D eigenvalue weighted by atomic mass is 32.2. The molecule has 1 saturated heterocycles. The van der Waals surface area contributed by atoms with Crippen molar-refractivity contribution in [3.05, 3.63) is 16.3 Å². The van der Waals surface area contributed by atoms with E-state index >= 15 is 0 Å². The lowest BCUT2D eigenvalue weighted by atomic mass is 10.0. The Morgan fingerprint density at radius 2 is 2.37 bits per heavy atom. The summed E-state index contributed by atoms with van der Waals surface area (Å²) in [6, 6.07) is 1.30. The average molecular weight is 305 g/mol. The number of thiophene rings is 1. The number of hydrogen-bond donors (Lipinski definition) is 2. The van der Waals surface area contributed by atoms with Gasteiger partial charge in [0.2, 0.25) is 10.0 Å². The van der Waals surface area contributed by atoms with Crippen LogP contribution in [0.2, 0.25) is 0 Å². The van der Waals surface area contributed by atoms with Gasteiger partial charge in [0, 0.05) is 13.2 Å². The van der Waals surface area contributed by atoms with Gasteiger partial charge < -0.3 is 9.84 Å². The fraction of sp³-hybridized carbons (Fsp3) is 0.545. The van der Waals surface area contributed by atoms with Crippen LogP contribution in [0.25, 0.3) is 0 Å². The van der Waals surface area contributed by atoms with Crippen molar-refractivity contribution >= 4 is 27.3 Å². The molecule has 0 saturated carbocycles. The topological polar surface area (TPSA) is 92.7 Å². The van der Waals surface area contributed by atoms with Crippen molar-refractivity contribution in [2.45, 2.75) is 30.3 Å². The van der Waals surface area contributed by atoms with E-state index in [1.165, 1.54) is 11.4 Å². The Labute approximate surface area is 115 Å². The minimum atomic E-state index is -3.82. The van der Waals surface area contributed by atoms with E-state index in [0.29, 0.717) is 6.61 Å². The SMILES string of the molecule is CC1(CNS(=O)(=O)c2ccsc2C(=O)O)CCCO1. The van der Waals surface area contributed by atoms with Crippen LogP contribution in [0.3, 0.4) is 0 Å². The van der Waals surface area contributed by atoms with Gasteiger partial charge in [0.05, 0.1) is 5.60 Å². The maximum Gasteiger partial charge on any atom is 0.347 e. The first kappa shape index (κ1) is 14.4.